The molecule has 3 N–H and O–H groups in total. The lowest BCUT2D eigenvalue weighted by molar-refractivity contribution is -0.161. The van der Waals surface area contributed by atoms with Gasteiger partial charge in [0.15, 0.2) is 0 Å². The number of hydrazine groups is 1. The van der Waals surface area contributed by atoms with Crippen LogP contribution < -0.4 is 15.5 Å². The van der Waals surface area contributed by atoms with Crippen LogP contribution in [0.15, 0.2) is 41.6 Å². The molecule has 3 unspecified atom stereocenters. The summed E-state index contributed by atoms with van der Waals surface area (Å²) >= 11 is 0. The number of sulfonamides is 1. The van der Waals surface area contributed by atoms with E-state index in [0.717, 1.165) is 24.3 Å². The first-order valence-electron chi connectivity index (χ1n) is 10.8. The topological polar surface area (TPSA) is 108 Å². The standard InChI is InChI=1S/C21H25F3N4O4S/c1-12-15(19(29)27-33(31,32)14-10-6-3-7-11-14)20(30)28-18(25-12)16(13-8-4-2-5-9-13)17(26-28)21(22,23)24/h2,4-5,8-9,14,16-18,25-26H,3,6-7,10-11H2,1H3,(H,27,29). The molecule has 4 rings (SSSR count). The van der Waals surface area contributed by atoms with Gasteiger partial charge in [0.05, 0.1) is 11.2 Å². The van der Waals surface area contributed by atoms with E-state index in [1.54, 1.807) is 30.3 Å². The highest BCUT2D eigenvalue weighted by molar-refractivity contribution is 7.90. The van der Waals surface area contributed by atoms with E-state index in [1.807, 2.05) is 4.72 Å². The summed E-state index contributed by atoms with van der Waals surface area (Å²) in [6.45, 7) is 1.38. The minimum Gasteiger partial charge on any atom is -0.366 e. The average molecular weight is 487 g/mol. The molecule has 3 atom stereocenters. The van der Waals surface area contributed by atoms with Gasteiger partial charge in [-0.2, -0.15) is 13.2 Å². The molecule has 0 spiro atoms. The summed E-state index contributed by atoms with van der Waals surface area (Å²) in [5.41, 5.74) is 2.04. The van der Waals surface area contributed by atoms with E-state index in [9.17, 15) is 31.2 Å². The third kappa shape index (κ3) is 4.45. The van der Waals surface area contributed by atoms with Crippen LogP contribution in [0.3, 0.4) is 0 Å². The number of benzene rings is 1. The molecule has 180 valence electrons. The SMILES string of the molecule is CC1=C(C(=O)NS(=O)(=O)C2CCCCC2)C(=O)N2NC(C(F)(F)F)C(c3ccccc3)C2N1. The van der Waals surface area contributed by atoms with Gasteiger partial charge in [0.1, 0.15) is 17.8 Å². The molecule has 8 nitrogen and oxygen atoms in total. The minimum absolute atomic E-state index is 0.0168. The van der Waals surface area contributed by atoms with Crippen molar-refractivity contribution in [2.24, 2.45) is 0 Å². The number of alkyl halides is 3. The summed E-state index contributed by atoms with van der Waals surface area (Å²) in [5, 5.41) is 2.82. The summed E-state index contributed by atoms with van der Waals surface area (Å²) in [6.07, 6.45) is -2.61. The minimum atomic E-state index is -4.68. The van der Waals surface area contributed by atoms with Gasteiger partial charge in [-0.25, -0.2) is 23.6 Å². The summed E-state index contributed by atoms with van der Waals surface area (Å²) in [4.78, 5) is 25.9. The number of nitrogens with zero attached hydrogens (tertiary/aromatic N) is 1. The number of hydrogen-bond acceptors (Lipinski definition) is 6. The highest BCUT2D eigenvalue weighted by atomic mass is 32.2. The number of hydrogen-bond donors (Lipinski definition) is 3. The van der Waals surface area contributed by atoms with Gasteiger partial charge in [0, 0.05) is 5.70 Å². The van der Waals surface area contributed by atoms with Gasteiger partial charge < -0.3 is 5.32 Å². The fraction of sp³-hybridized carbons (Fsp3) is 0.524. The van der Waals surface area contributed by atoms with Crippen molar-refractivity contribution in [3.8, 4) is 0 Å². The van der Waals surface area contributed by atoms with Gasteiger partial charge in [0.2, 0.25) is 10.0 Å². The van der Waals surface area contributed by atoms with Crippen LogP contribution in [0, 0.1) is 0 Å². The van der Waals surface area contributed by atoms with Gasteiger partial charge >= 0.3 is 6.18 Å². The first-order valence-corrected chi connectivity index (χ1v) is 12.3. The van der Waals surface area contributed by atoms with Crippen molar-refractivity contribution in [2.45, 2.75) is 68.6 Å². The number of carbonyl (C=O) groups is 2. The molecular formula is C21H25F3N4O4S. The van der Waals surface area contributed by atoms with Crippen LogP contribution in [-0.4, -0.2) is 48.9 Å². The zero-order valence-electron chi connectivity index (χ0n) is 17.9. The second-order valence-electron chi connectivity index (χ2n) is 8.59. The fourth-order valence-electron chi connectivity index (χ4n) is 4.80. The van der Waals surface area contributed by atoms with Crippen molar-refractivity contribution in [1.82, 2.24) is 20.5 Å². The number of carbonyl (C=O) groups excluding carboxylic acids is 2. The Balaban J connectivity index is 1.62. The molecule has 1 aliphatic carbocycles. The van der Waals surface area contributed by atoms with Gasteiger partial charge in [-0.05, 0) is 25.3 Å². The fourth-order valence-corrected chi connectivity index (χ4v) is 6.28. The lowest BCUT2D eigenvalue weighted by Crippen LogP contribution is -2.57. The Labute approximate surface area is 189 Å². The monoisotopic (exact) mass is 486 g/mol. The van der Waals surface area contributed by atoms with Crippen LogP contribution in [0.5, 0.6) is 0 Å². The molecule has 2 aliphatic heterocycles. The summed E-state index contributed by atoms with van der Waals surface area (Å²) in [7, 11) is -4.02. The molecular weight excluding hydrogens is 461 g/mol. The van der Waals surface area contributed by atoms with Gasteiger partial charge in [-0.1, -0.05) is 49.6 Å². The normalized spacial score (nSPS) is 26.7. The molecule has 1 saturated heterocycles. The van der Waals surface area contributed by atoms with Crippen LogP contribution in [0.4, 0.5) is 13.2 Å². The van der Waals surface area contributed by atoms with Gasteiger partial charge in [0.25, 0.3) is 11.8 Å². The number of allylic oxidation sites excluding steroid dienone is 1. The zero-order chi connectivity index (χ0) is 24.0. The lowest BCUT2D eigenvalue weighted by Gasteiger charge is -2.34. The predicted octanol–water partition coefficient (Wildman–Crippen LogP) is 2.03. The molecule has 0 radical (unpaired) electrons. The number of rotatable bonds is 4. The molecule has 0 bridgehead atoms. The molecule has 2 fully saturated rings. The number of halogens is 3. The molecule has 3 aliphatic rings. The van der Waals surface area contributed by atoms with Crippen LogP contribution in [0.25, 0.3) is 0 Å². The maximum atomic E-state index is 13.8. The van der Waals surface area contributed by atoms with E-state index in [4.69, 9.17) is 0 Å². The van der Waals surface area contributed by atoms with Crippen molar-refractivity contribution in [3.63, 3.8) is 0 Å². The second kappa shape index (κ2) is 8.64. The first-order chi connectivity index (χ1) is 15.5. The van der Waals surface area contributed by atoms with Crippen molar-refractivity contribution in [2.75, 3.05) is 0 Å². The Bertz CT molecular complexity index is 1070. The first kappa shape index (κ1) is 23.6. The van der Waals surface area contributed by atoms with E-state index >= 15 is 0 Å². The molecule has 12 heteroatoms. The third-order valence-electron chi connectivity index (χ3n) is 6.42. The molecule has 33 heavy (non-hydrogen) atoms. The third-order valence-corrected chi connectivity index (χ3v) is 8.24. The van der Waals surface area contributed by atoms with E-state index in [-0.39, 0.29) is 5.70 Å². The van der Waals surface area contributed by atoms with Crippen LogP contribution >= 0.6 is 0 Å². The highest BCUT2D eigenvalue weighted by Gasteiger charge is 2.58. The van der Waals surface area contributed by atoms with Gasteiger partial charge in [-0.15, -0.1) is 0 Å². The number of nitrogens with one attached hydrogen (secondary N) is 3. The van der Waals surface area contributed by atoms with Crippen LogP contribution in [0.2, 0.25) is 0 Å². The van der Waals surface area contributed by atoms with Crippen molar-refractivity contribution in [3.05, 3.63) is 47.2 Å². The van der Waals surface area contributed by atoms with Crippen molar-refractivity contribution >= 4 is 21.8 Å². The zero-order valence-corrected chi connectivity index (χ0v) is 18.7. The predicted molar refractivity (Wildman–Crippen MR) is 113 cm³/mol. The Kier molecular flexibility index (Phi) is 6.16. The summed E-state index contributed by atoms with van der Waals surface area (Å²) < 4.78 is 68.8. The maximum absolute atomic E-state index is 13.8. The van der Waals surface area contributed by atoms with E-state index < -0.39 is 57.0 Å². The summed E-state index contributed by atoms with van der Waals surface area (Å²) in [6, 6.07) is 5.88. The Hall–Kier alpha value is -2.60. The van der Waals surface area contributed by atoms with Crippen LogP contribution in [-0.2, 0) is 19.6 Å². The van der Waals surface area contributed by atoms with Crippen molar-refractivity contribution in [1.29, 1.82) is 0 Å². The average Bonchev–Trinajstić information content (AvgIpc) is 3.15. The van der Waals surface area contributed by atoms with E-state index in [2.05, 4.69) is 10.7 Å². The molecule has 2 heterocycles. The summed E-state index contributed by atoms with van der Waals surface area (Å²) in [5.74, 6) is -3.34. The molecule has 1 aromatic rings. The van der Waals surface area contributed by atoms with Crippen LogP contribution in [0.1, 0.15) is 50.5 Å². The smallest absolute Gasteiger partial charge is 0.366 e. The Morgan fingerprint density at radius 2 is 1.76 bits per heavy atom. The quantitative estimate of drug-likeness (QED) is 0.563. The molecule has 0 aromatic heterocycles. The lowest BCUT2D eigenvalue weighted by atomic mass is 9.89. The highest BCUT2D eigenvalue weighted by Crippen LogP contribution is 2.41. The number of fused-ring (bicyclic) bond motifs is 1. The Morgan fingerprint density at radius 3 is 2.36 bits per heavy atom. The molecule has 1 saturated carbocycles. The van der Waals surface area contributed by atoms with E-state index in [1.165, 1.54) is 6.92 Å². The maximum Gasteiger partial charge on any atom is 0.406 e. The Morgan fingerprint density at radius 1 is 1.12 bits per heavy atom. The molecule has 1 aromatic carbocycles. The van der Waals surface area contributed by atoms with Crippen molar-refractivity contribution < 1.29 is 31.2 Å². The van der Waals surface area contributed by atoms with Gasteiger partial charge in [-0.3, -0.25) is 9.59 Å². The molecule has 2 amide bonds. The largest absolute Gasteiger partial charge is 0.406 e. The van der Waals surface area contributed by atoms with E-state index in [0.29, 0.717) is 18.4 Å². The second-order valence-corrected chi connectivity index (χ2v) is 10.5. The number of amides is 2.